The Morgan fingerprint density at radius 1 is 1.38 bits per heavy atom. The minimum absolute atomic E-state index is 0. The van der Waals surface area contributed by atoms with Crippen molar-refractivity contribution in [1.29, 1.82) is 0 Å². The molecule has 1 saturated heterocycles. The van der Waals surface area contributed by atoms with Crippen LogP contribution in [0.5, 0.6) is 0 Å². The average molecular weight is 189 g/mol. The van der Waals surface area contributed by atoms with Crippen LogP contribution in [0.4, 0.5) is 0 Å². The maximum absolute atomic E-state index is 5.40. The van der Waals surface area contributed by atoms with Gasteiger partial charge in [0.15, 0.2) is 0 Å². The first-order valence-corrected chi connectivity index (χ1v) is 4.48. The van der Waals surface area contributed by atoms with Gasteiger partial charge in [-0.25, -0.2) is 0 Å². The molecule has 3 nitrogen and oxygen atoms in total. The predicted molar refractivity (Wildman–Crippen MR) is 55.0 cm³/mol. The molecule has 1 aliphatic rings. The van der Waals surface area contributed by atoms with Gasteiger partial charge in [0.2, 0.25) is 0 Å². The molecule has 2 unspecified atom stereocenters. The lowest BCUT2D eigenvalue weighted by atomic mass is 9.96. The zero-order valence-corrected chi connectivity index (χ0v) is 8.25. The number of nitrogens with zero attached hydrogens (tertiary/aromatic N) is 1. The van der Waals surface area contributed by atoms with Crippen LogP contribution in [0.15, 0.2) is 0 Å². The molecule has 1 rings (SSSR count). The Hall–Kier alpha value is -0.120. The lowest BCUT2D eigenvalue weighted by Crippen LogP contribution is -2.43. The Kier molecular flexibility index (Phi) is 6.29. The van der Waals surface area contributed by atoms with E-state index in [1.165, 1.54) is 0 Å². The normalized spacial score (nSPS) is 29.8. The Labute approximate surface area is 82.0 Å². The van der Waals surface area contributed by atoms with Gasteiger partial charge in [-0.3, -0.25) is 0 Å². The van der Waals surface area contributed by atoms with E-state index in [1.54, 1.807) is 14.2 Å². The highest BCUT2D eigenvalue weighted by Gasteiger charge is 2.27. The minimum atomic E-state index is 0. The topological polar surface area (TPSA) is 21.7 Å². The van der Waals surface area contributed by atoms with Crippen LogP contribution >= 0.6 is 0 Å². The predicted octanol–water partition coefficient (Wildman–Crippen LogP) is 1.24. The van der Waals surface area contributed by atoms with Crippen molar-refractivity contribution in [3.05, 3.63) is 0 Å². The maximum atomic E-state index is 5.40. The molecule has 0 saturated carbocycles. The summed E-state index contributed by atoms with van der Waals surface area (Å²) in [5.41, 5.74) is 0. The molecule has 0 N–H and O–H groups in total. The first-order chi connectivity index (χ1) is 5.77. The molecule has 80 valence electrons. The first kappa shape index (κ1) is 12.9. The highest BCUT2D eigenvalue weighted by atomic mass is 16.5. The summed E-state index contributed by atoms with van der Waals surface area (Å²) in [7, 11) is 5.69. The van der Waals surface area contributed by atoms with E-state index in [0.29, 0.717) is 12.0 Å². The molecule has 0 aromatic rings. The van der Waals surface area contributed by atoms with Crippen LogP contribution < -0.4 is 0 Å². The van der Waals surface area contributed by atoms with E-state index in [9.17, 15) is 0 Å². The number of methoxy groups -OCH3 is 2. The second kappa shape index (κ2) is 6.35. The van der Waals surface area contributed by atoms with Gasteiger partial charge < -0.3 is 14.4 Å². The van der Waals surface area contributed by atoms with Gasteiger partial charge in [0.25, 0.3) is 0 Å². The molecule has 0 bridgehead atoms. The summed E-state index contributed by atoms with van der Waals surface area (Å²) in [6.45, 7) is 3.04. The van der Waals surface area contributed by atoms with Gasteiger partial charge in [0.05, 0.1) is 12.7 Å². The van der Waals surface area contributed by atoms with Gasteiger partial charge in [-0.2, -0.15) is 0 Å². The first-order valence-electron chi connectivity index (χ1n) is 4.48. The maximum Gasteiger partial charge on any atom is 0.0645 e. The van der Waals surface area contributed by atoms with Gasteiger partial charge in [-0.1, -0.05) is 7.43 Å². The van der Waals surface area contributed by atoms with E-state index in [2.05, 4.69) is 11.9 Å². The van der Waals surface area contributed by atoms with Crippen LogP contribution in [0.3, 0.4) is 0 Å². The van der Waals surface area contributed by atoms with Gasteiger partial charge in [-0.05, 0) is 13.5 Å². The Bertz CT molecular complexity index is 130. The Morgan fingerprint density at radius 2 is 2.08 bits per heavy atom. The third kappa shape index (κ3) is 3.63. The summed E-state index contributed by atoms with van der Waals surface area (Å²) in [5, 5.41) is 0. The van der Waals surface area contributed by atoms with Gasteiger partial charge >= 0.3 is 0 Å². The molecule has 3 heteroatoms. The third-order valence-electron chi connectivity index (χ3n) is 2.55. The number of hydrogen-bond donors (Lipinski definition) is 0. The molecule has 0 aliphatic carbocycles. The second-order valence-electron chi connectivity index (χ2n) is 3.54. The Morgan fingerprint density at radius 3 is 2.62 bits per heavy atom. The fourth-order valence-corrected chi connectivity index (χ4v) is 1.88. The van der Waals surface area contributed by atoms with Gasteiger partial charge in [0.1, 0.15) is 0 Å². The number of rotatable bonds is 3. The molecule has 0 aromatic heterocycles. The fourth-order valence-electron chi connectivity index (χ4n) is 1.88. The lowest BCUT2D eigenvalue weighted by Gasteiger charge is -2.35. The zero-order chi connectivity index (χ0) is 8.97. The van der Waals surface area contributed by atoms with Gasteiger partial charge in [-0.15, -0.1) is 0 Å². The molecule has 0 amide bonds. The standard InChI is InChI=1S/C9H19NO2.CH4/c1-10-5-4-9(12-3)8(6-10)7-11-2;/h8-9H,4-7H2,1-3H3;1H4. The van der Waals surface area contributed by atoms with Crippen molar-refractivity contribution in [2.24, 2.45) is 5.92 Å². The SMILES string of the molecule is C.COCC1CN(C)CCC1OC. The quantitative estimate of drug-likeness (QED) is 0.666. The third-order valence-corrected chi connectivity index (χ3v) is 2.55. The van der Waals surface area contributed by atoms with Crippen LogP contribution in [0, 0.1) is 5.92 Å². The molecule has 0 spiro atoms. The molecule has 1 aliphatic heterocycles. The van der Waals surface area contributed by atoms with E-state index < -0.39 is 0 Å². The van der Waals surface area contributed by atoms with Crippen molar-refractivity contribution >= 4 is 0 Å². The molecular formula is C10H23NO2. The molecule has 0 aromatic carbocycles. The van der Waals surface area contributed by atoms with Gasteiger partial charge in [0, 0.05) is 33.2 Å². The monoisotopic (exact) mass is 189 g/mol. The van der Waals surface area contributed by atoms with Crippen molar-refractivity contribution < 1.29 is 9.47 Å². The number of hydrogen-bond acceptors (Lipinski definition) is 3. The number of likely N-dealkylation sites (tertiary alicyclic amines) is 1. The van der Waals surface area contributed by atoms with Crippen LogP contribution in [0.2, 0.25) is 0 Å². The van der Waals surface area contributed by atoms with Crippen molar-refractivity contribution in [2.75, 3.05) is 41.0 Å². The largest absolute Gasteiger partial charge is 0.384 e. The second-order valence-corrected chi connectivity index (χ2v) is 3.54. The van der Waals surface area contributed by atoms with E-state index in [0.717, 1.165) is 26.1 Å². The van der Waals surface area contributed by atoms with Crippen molar-refractivity contribution in [1.82, 2.24) is 4.90 Å². The highest BCUT2D eigenvalue weighted by Crippen LogP contribution is 2.18. The van der Waals surface area contributed by atoms with Crippen molar-refractivity contribution in [2.45, 2.75) is 20.0 Å². The summed E-state index contributed by atoms with van der Waals surface area (Å²) >= 11 is 0. The summed E-state index contributed by atoms with van der Waals surface area (Å²) in [5.74, 6) is 0.541. The molecule has 2 atom stereocenters. The van der Waals surface area contributed by atoms with E-state index >= 15 is 0 Å². The van der Waals surface area contributed by atoms with Crippen LogP contribution in [-0.2, 0) is 9.47 Å². The minimum Gasteiger partial charge on any atom is -0.384 e. The summed E-state index contributed by atoms with van der Waals surface area (Å²) in [6, 6.07) is 0. The molecule has 13 heavy (non-hydrogen) atoms. The summed E-state index contributed by atoms with van der Waals surface area (Å²) < 4.78 is 10.6. The number of piperidine rings is 1. The van der Waals surface area contributed by atoms with Crippen molar-refractivity contribution in [3.8, 4) is 0 Å². The van der Waals surface area contributed by atoms with E-state index in [4.69, 9.17) is 9.47 Å². The van der Waals surface area contributed by atoms with Crippen LogP contribution in [-0.4, -0.2) is 52.0 Å². The Balaban J connectivity index is 0.00000144. The number of ether oxygens (including phenoxy) is 2. The summed E-state index contributed by atoms with van der Waals surface area (Å²) in [6.07, 6.45) is 1.52. The van der Waals surface area contributed by atoms with Crippen LogP contribution in [0.1, 0.15) is 13.8 Å². The zero-order valence-electron chi connectivity index (χ0n) is 8.25. The molecule has 1 fully saturated rings. The lowest BCUT2D eigenvalue weighted by molar-refractivity contribution is -0.0291. The van der Waals surface area contributed by atoms with Crippen molar-refractivity contribution in [3.63, 3.8) is 0 Å². The molecular weight excluding hydrogens is 166 g/mol. The van der Waals surface area contributed by atoms with E-state index in [-0.39, 0.29) is 7.43 Å². The molecule has 0 radical (unpaired) electrons. The fraction of sp³-hybridized carbons (Fsp3) is 1.00. The smallest absolute Gasteiger partial charge is 0.0645 e. The average Bonchev–Trinajstić information content (AvgIpc) is 2.05. The molecule has 1 heterocycles. The van der Waals surface area contributed by atoms with Crippen LogP contribution in [0.25, 0.3) is 0 Å². The summed E-state index contributed by atoms with van der Waals surface area (Å²) in [4.78, 5) is 2.33. The highest BCUT2D eigenvalue weighted by molar-refractivity contribution is 4.79. The van der Waals surface area contributed by atoms with E-state index in [1.807, 2.05) is 0 Å².